The molecule has 1 fully saturated rings. The van der Waals surface area contributed by atoms with Crippen molar-refractivity contribution in [2.75, 3.05) is 26.2 Å². The molecule has 0 atom stereocenters. The van der Waals surface area contributed by atoms with Gasteiger partial charge in [0.1, 0.15) is 17.1 Å². The number of hydrogen-bond acceptors (Lipinski definition) is 5. The van der Waals surface area contributed by atoms with Gasteiger partial charge >= 0.3 is 5.63 Å². The number of nitrogens with zero attached hydrogens (tertiary/aromatic N) is 2. The Labute approximate surface area is 169 Å². The number of hydrogen-bond donors (Lipinski definition) is 0. The molecule has 0 bridgehead atoms. The van der Waals surface area contributed by atoms with Gasteiger partial charge in [-0.3, -0.25) is 9.69 Å². The van der Waals surface area contributed by atoms with Crippen molar-refractivity contribution >= 4 is 16.9 Å². The average molecular weight is 394 g/mol. The van der Waals surface area contributed by atoms with Crippen molar-refractivity contribution in [1.82, 2.24) is 9.80 Å². The van der Waals surface area contributed by atoms with Crippen LogP contribution in [0.1, 0.15) is 38.6 Å². The number of carbonyl (C=O) groups excluding carboxylic acids is 1. The second-order valence-electron chi connectivity index (χ2n) is 7.87. The smallest absolute Gasteiger partial charge is 0.336 e. The highest BCUT2D eigenvalue weighted by atomic mass is 16.4. The van der Waals surface area contributed by atoms with Gasteiger partial charge in [-0.25, -0.2) is 4.79 Å². The third-order valence-corrected chi connectivity index (χ3v) is 5.84. The van der Waals surface area contributed by atoms with Gasteiger partial charge in [-0.1, -0.05) is 12.1 Å². The Bertz CT molecular complexity index is 1130. The normalized spacial score (nSPS) is 15.2. The Kier molecular flexibility index (Phi) is 5.04. The predicted octanol–water partition coefficient (Wildman–Crippen LogP) is 3.58. The second-order valence-corrected chi connectivity index (χ2v) is 7.87. The lowest BCUT2D eigenvalue weighted by molar-refractivity contribution is 0.0627. The van der Waals surface area contributed by atoms with E-state index in [2.05, 4.69) is 11.0 Å². The van der Waals surface area contributed by atoms with E-state index in [1.165, 1.54) is 0 Å². The summed E-state index contributed by atoms with van der Waals surface area (Å²) in [6.07, 6.45) is 0. The number of rotatable bonds is 3. The maximum absolute atomic E-state index is 12.8. The molecule has 0 N–H and O–H groups in total. The lowest BCUT2D eigenvalue weighted by Crippen LogP contribution is -2.48. The molecule has 1 aliphatic rings. The molecule has 1 aromatic carbocycles. The summed E-state index contributed by atoms with van der Waals surface area (Å²) >= 11 is 0. The van der Waals surface area contributed by atoms with Crippen LogP contribution in [0.15, 0.2) is 37.9 Å². The van der Waals surface area contributed by atoms with Gasteiger partial charge in [0, 0.05) is 44.2 Å². The van der Waals surface area contributed by atoms with Crippen LogP contribution in [0.3, 0.4) is 0 Å². The van der Waals surface area contributed by atoms with E-state index in [4.69, 9.17) is 8.83 Å². The van der Waals surface area contributed by atoms with Gasteiger partial charge in [0.05, 0.1) is 5.56 Å². The van der Waals surface area contributed by atoms with Gasteiger partial charge in [0.25, 0.3) is 5.91 Å². The molecule has 0 saturated carbocycles. The van der Waals surface area contributed by atoms with Crippen LogP contribution in [-0.4, -0.2) is 41.9 Å². The van der Waals surface area contributed by atoms with E-state index in [-0.39, 0.29) is 11.5 Å². The average Bonchev–Trinajstić information content (AvgIpc) is 3.03. The maximum Gasteiger partial charge on any atom is 0.336 e. The van der Waals surface area contributed by atoms with Gasteiger partial charge in [-0.15, -0.1) is 0 Å². The van der Waals surface area contributed by atoms with Crippen molar-refractivity contribution in [2.24, 2.45) is 0 Å². The summed E-state index contributed by atoms with van der Waals surface area (Å²) in [6, 6.07) is 7.49. The number of carbonyl (C=O) groups is 1. The largest absolute Gasteiger partial charge is 0.466 e. The van der Waals surface area contributed by atoms with Crippen LogP contribution in [0.4, 0.5) is 0 Å². The second kappa shape index (κ2) is 7.52. The van der Waals surface area contributed by atoms with Gasteiger partial charge in [0.2, 0.25) is 0 Å². The van der Waals surface area contributed by atoms with E-state index >= 15 is 0 Å². The summed E-state index contributed by atoms with van der Waals surface area (Å²) in [5, 5.41) is 0.982. The van der Waals surface area contributed by atoms with Crippen molar-refractivity contribution in [1.29, 1.82) is 0 Å². The highest BCUT2D eigenvalue weighted by Gasteiger charge is 2.25. The Balaban J connectivity index is 1.49. The maximum atomic E-state index is 12.8. The van der Waals surface area contributed by atoms with Crippen molar-refractivity contribution in [3.63, 3.8) is 0 Å². The molecule has 6 heteroatoms. The molecule has 4 rings (SSSR count). The molecule has 0 radical (unpaired) electrons. The summed E-state index contributed by atoms with van der Waals surface area (Å²) in [4.78, 5) is 29.0. The van der Waals surface area contributed by atoms with Gasteiger partial charge in [-0.05, 0) is 50.5 Å². The Hall–Kier alpha value is -2.86. The van der Waals surface area contributed by atoms with Crippen LogP contribution in [0, 0.1) is 27.7 Å². The Morgan fingerprint density at radius 1 is 1.00 bits per heavy atom. The topological polar surface area (TPSA) is 66.9 Å². The zero-order valence-corrected chi connectivity index (χ0v) is 17.4. The molecule has 0 aliphatic carbocycles. The van der Waals surface area contributed by atoms with E-state index in [9.17, 15) is 9.59 Å². The monoisotopic (exact) mass is 394 g/mol. The molecular formula is C23H26N2O4. The first-order valence-corrected chi connectivity index (χ1v) is 9.95. The van der Waals surface area contributed by atoms with E-state index in [0.717, 1.165) is 40.9 Å². The van der Waals surface area contributed by atoms with E-state index in [1.54, 1.807) is 6.07 Å². The van der Waals surface area contributed by atoms with Crippen molar-refractivity contribution < 1.29 is 13.6 Å². The predicted molar refractivity (Wildman–Crippen MR) is 111 cm³/mol. The molecule has 3 aromatic rings. The highest BCUT2D eigenvalue weighted by molar-refractivity contribution is 5.95. The summed E-state index contributed by atoms with van der Waals surface area (Å²) in [6.45, 7) is 11.2. The lowest BCUT2D eigenvalue weighted by Gasteiger charge is -2.34. The fourth-order valence-corrected chi connectivity index (χ4v) is 4.02. The van der Waals surface area contributed by atoms with E-state index in [0.29, 0.717) is 36.5 Å². The van der Waals surface area contributed by atoms with Gasteiger partial charge in [-0.2, -0.15) is 0 Å². The van der Waals surface area contributed by atoms with E-state index < -0.39 is 0 Å². The van der Waals surface area contributed by atoms with Crippen molar-refractivity contribution in [3.8, 4) is 0 Å². The van der Waals surface area contributed by atoms with Crippen LogP contribution in [-0.2, 0) is 6.54 Å². The molecule has 1 aliphatic heterocycles. The van der Waals surface area contributed by atoms with Crippen LogP contribution in [0.2, 0.25) is 0 Å². The molecule has 0 unspecified atom stereocenters. The molecule has 6 nitrogen and oxygen atoms in total. The molecule has 29 heavy (non-hydrogen) atoms. The zero-order chi connectivity index (χ0) is 20.7. The summed E-state index contributed by atoms with van der Waals surface area (Å²) in [7, 11) is 0. The third kappa shape index (κ3) is 3.72. The minimum atomic E-state index is -0.319. The molecule has 1 saturated heterocycles. The summed E-state index contributed by atoms with van der Waals surface area (Å²) in [5.74, 6) is 1.45. The number of benzene rings is 1. The van der Waals surface area contributed by atoms with Gasteiger partial charge < -0.3 is 13.7 Å². The Morgan fingerprint density at radius 2 is 1.72 bits per heavy atom. The third-order valence-electron chi connectivity index (χ3n) is 5.84. The SMILES string of the molecule is Cc1cc(C(=O)N2CCN(Cc3cc(=O)oc4c(C)c(C)ccc34)CC2)c(C)o1. The first kappa shape index (κ1) is 19.5. The standard InChI is InChI=1S/C23H26N2O4/c1-14-5-6-19-18(12-21(26)29-22(19)16(14)3)13-24-7-9-25(10-8-24)23(27)20-11-15(2)28-17(20)4/h5-6,11-12H,7-10,13H2,1-4H3. The molecule has 2 aromatic heterocycles. The minimum absolute atomic E-state index is 0.0240. The molecule has 3 heterocycles. The number of aryl methyl sites for hydroxylation is 4. The summed E-state index contributed by atoms with van der Waals surface area (Å²) in [5.41, 5.74) is 4.08. The Morgan fingerprint density at radius 3 is 2.38 bits per heavy atom. The number of fused-ring (bicyclic) bond motifs is 1. The van der Waals surface area contributed by atoms with Crippen LogP contribution >= 0.6 is 0 Å². The quantitative estimate of drug-likeness (QED) is 0.635. The fourth-order valence-electron chi connectivity index (χ4n) is 4.02. The lowest BCUT2D eigenvalue weighted by atomic mass is 10.0. The van der Waals surface area contributed by atoms with E-state index in [1.807, 2.05) is 44.7 Å². The molecule has 1 amide bonds. The van der Waals surface area contributed by atoms with Crippen LogP contribution < -0.4 is 5.63 Å². The summed E-state index contributed by atoms with van der Waals surface area (Å²) < 4.78 is 11.0. The van der Waals surface area contributed by atoms with Crippen LogP contribution in [0.25, 0.3) is 11.0 Å². The van der Waals surface area contributed by atoms with Crippen molar-refractivity contribution in [2.45, 2.75) is 34.2 Å². The number of furan rings is 1. The highest BCUT2D eigenvalue weighted by Crippen LogP contribution is 2.25. The fraction of sp³-hybridized carbons (Fsp3) is 0.391. The number of amides is 1. The molecule has 0 spiro atoms. The van der Waals surface area contributed by atoms with Crippen LogP contribution in [0.5, 0.6) is 0 Å². The molecule has 152 valence electrons. The molecular weight excluding hydrogens is 368 g/mol. The zero-order valence-electron chi connectivity index (χ0n) is 17.4. The van der Waals surface area contributed by atoms with Gasteiger partial charge in [0.15, 0.2) is 0 Å². The number of piperazine rings is 1. The first-order chi connectivity index (χ1) is 13.8. The first-order valence-electron chi connectivity index (χ1n) is 9.95. The van der Waals surface area contributed by atoms with Crippen molar-refractivity contribution in [3.05, 3.63) is 68.5 Å². The minimum Gasteiger partial charge on any atom is -0.466 e.